The third kappa shape index (κ3) is 5.36. The number of carbonyl (C=O) groups is 1. The number of carbonyl (C=O) groups excluding carboxylic acids is 1. The zero-order valence-electron chi connectivity index (χ0n) is 14.9. The summed E-state index contributed by atoms with van der Waals surface area (Å²) in [5, 5.41) is 3.84. The van der Waals surface area contributed by atoms with Crippen LogP contribution in [0.4, 0.5) is 4.39 Å². The van der Waals surface area contributed by atoms with Crippen LogP contribution in [0.2, 0.25) is 10.0 Å². The van der Waals surface area contributed by atoms with Crippen molar-refractivity contribution in [3.63, 3.8) is 0 Å². The molecule has 0 saturated carbocycles. The van der Waals surface area contributed by atoms with Gasteiger partial charge in [-0.1, -0.05) is 56.1 Å². The minimum absolute atomic E-state index is 0.126. The van der Waals surface area contributed by atoms with Gasteiger partial charge in [0.1, 0.15) is 11.6 Å². The molecule has 26 heavy (non-hydrogen) atoms. The third-order valence-corrected chi connectivity index (χ3v) is 4.55. The summed E-state index contributed by atoms with van der Waals surface area (Å²) in [6.45, 7) is 5.84. The Balaban J connectivity index is 2.14. The molecule has 6 heteroatoms. The van der Waals surface area contributed by atoms with Gasteiger partial charge in [-0.3, -0.25) is 4.79 Å². The van der Waals surface area contributed by atoms with Gasteiger partial charge in [-0.05, 0) is 48.2 Å². The van der Waals surface area contributed by atoms with E-state index in [-0.39, 0.29) is 23.7 Å². The number of hydrogen-bond donors (Lipinski definition) is 1. The van der Waals surface area contributed by atoms with Crippen LogP contribution in [0.1, 0.15) is 38.8 Å². The van der Waals surface area contributed by atoms with Crippen molar-refractivity contribution >= 4 is 29.1 Å². The summed E-state index contributed by atoms with van der Waals surface area (Å²) in [5.74, 6) is -0.0294. The van der Waals surface area contributed by atoms with Crippen molar-refractivity contribution in [2.75, 3.05) is 0 Å². The first-order chi connectivity index (χ1) is 12.3. The van der Waals surface area contributed by atoms with Gasteiger partial charge in [0.2, 0.25) is 0 Å². The molecule has 0 saturated heterocycles. The van der Waals surface area contributed by atoms with Gasteiger partial charge >= 0.3 is 0 Å². The summed E-state index contributed by atoms with van der Waals surface area (Å²) in [7, 11) is 0. The maximum atomic E-state index is 13.2. The highest BCUT2D eigenvalue weighted by Gasteiger charge is 2.25. The van der Waals surface area contributed by atoms with E-state index >= 15 is 0 Å². The van der Waals surface area contributed by atoms with E-state index in [0.717, 1.165) is 5.56 Å². The summed E-state index contributed by atoms with van der Waals surface area (Å²) in [6, 6.07) is 10.7. The van der Waals surface area contributed by atoms with Crippen LogP contribution in [0.5, 0.6) is 5.75 Å². The fourth-order valence-electron chi connectivity index (χ4n) is 2.60. The van der Waals surface area contributed by atoms with Gasteiger partial charge < -0.3 is 10.1 Å². The van der Waals surface area contributed by atoms with Crippen molar-refractivity contribution in [3.05, 3.63) is 63.9 Å². The van der Waals surface area contributed by atoms with Gasteiger partial charge in [0.25, 0.3) is 5.91 Å². The second-order valence-corrected chi connectivity index (χ2v) is 7.21. The van der Waals surface area contributed by atoms with Crippen molar-refractivity contribution in [2.24, 2.45) is 5.92 Å². The van der Waals surface area contributed by atoms with Gasteiger partial charge in [-0.15, -0.1) is 0 Å². The Morgan fingerprint density at radius 3 is 2.35 bits per heavy atom. The highest BCUT2D eigenvalue weighted by molar-refractivity contribution is 6.35. The largest absolute Gasteiger partial charge is 0.479 e. The molecule has 1 N–H and O–H groups in total. The lowest BCUT2D eigenvalue weighted by Crippen LogP contribution is -2.41. The molecule has 0 fully saturated rings. The molecule has 1 amide bonds. The van der Waals surface area contributed by atoms with Crippen molar-refractivity contribution in [3.8, 4) is 5.75 Å². The van der Waals surface area contributed by atoms with Crippen LogP contribution in [0, 0.1) is 11.7 Å². The Bertz CT molecular complexity index is 750. The zero-order chi connectivity index (χ0) is 19.3. The van der Waals surface area contributed by atoms with E-state index in [2.05, 4.69) is 5.32 Å². The van der Waals surface area contributed by atoms with Crippen LogP contribution in [0.15, 0.2) is 42.5 Å². The molecule has 2 rings (SSSR count). The van der Waals surface area contributed by atoms with Gasteiger partial charge in [-0.25, -0.2) is 4.39 Å². The second kappa shape index (κ2) is 9.24. The molecule has 0 aliphatic rings. The first-order valence-electron chi connectivity index (χ1n) is 8.49. The van der Waals surface area contributed by atoms with Crippen molar-refractivity contribution in [2.45, 2.75) is 39.3 Å². The summed E-state index contributed by atoms with van der Waals surface area (Å²) in [6.07, 6.45) is -0.227. The summed E-state index contributed by atoms with van der Waals surface area (Å²) in [4.78, 5) is 12.7. The standard InChI is InChI=1S/C20H22Cl2FNO2/c1-4-17(26-18-10-7-14(21)11-16(18)22)20(25)24-19(12(2)3)13-5-8-15(23)9-6-13/h5-12,17,19H,4H2,1-3H3,(H,24,25). The van der Waals surface area contributed by atoms with E-state index in [1.54, 1.807) is 30.3 Å². The number of ether oxygens (including phenoxy) is 1. The Hall–Kier alpha value is -1.78. The molecule has 0 spiro atoms. The molecule has 2 atom stereocenters. The van der Waals surface area contributed by atoms with Gasteiger partial charge in [0.05, 0.1) is 11.1 Å². The molecule has 2 aromatic rings. The van der Waals surface area contributed by atoms with E-state index in [1.165, 1.54) is 12.1 Å². The predicted molar refractivity (Wildman–Crippen MR) is 103 cm³/mol. The Labute approximate surface area is 163 Å². The molecule has 0 heterocycles. The molecule has 0 radical (unpaired) electrons. The number of benzene rings is 2. The van der Waals surface area contributed by atoms with Crippen LogP contribution in [0.25, 0.3) is 0 Å². The van der Waals surface area contributed by atoms with E-state index in [0.29, 0.717) is 22.2 Å². The number of rotatable bonds is 7. The third-order valence-electron chi connectivity index (χ3n) is 4.02. The highest BCUT2D eigenvalue weighted by Crippen LogP contribution is 2.29. The van der Waals surface area contributed by atoms with Crippen LogP contribution in [-0.2, 0) is 4.79 Å². The minimum atomic E-state index is -0.699. The minimum Gasteiger partial charge on any atom is -0.479 e. The molecule has 2 aromatic carbocycles. The van der Waals surface area contributed by atoms with Crippen molar-refractivity contribution < 1.29 is 13.9 Å². The normalized spacial score (nSPS) is 13.3. The fourth-order valence-corrected chi connectivity index (χ4v) is 3.05. The second-order valence-electron chi connectivity index (χ2n) is 6.37. The van der Waals surface area contributed by atoms with E-state index < -0.39 is 6.10 Å². The number of amides is 1. The molecule has 2 unspecified atom stereocenters. The fraction of sp³-hybridized carbons (Fsp3) is 0.350. The van der Waals surface area contributed by atoms with Crippen LogP contribution >= 0.6 is 23.2 Å². The first-order valence-corrected chi connectivity index (χ1v) is 9.25. The Morgan fingerprint density at radius 2 is 1.81 bits per heavy atom. The van der Waals surface area contributed by atoms with Crippen molar-refractivity contribution in [1.82, 2.24) is 5.32 Å². The molecule has 0 aliphatic carbocycles. The lowest BCUT2D eigenvalue weighted by Gasteiger charge is -2.26. The zero-order valence-corrected chi connectivity index (χ0v) is 16.4. The lowest BCUT2D eigenvalue weighted by molar-refractivity contribution is -0.129. The maximum absolute atomic E-state index is 13.2. The topological polar surface area (TPSA) is 38.3 Å². The molecular weight excluding hydrogens is 376 g/mol. The van der Waals surface area contributed by atoms with Gasteiger partial charge in [-0.2, -0.15) is 0 Å². The number of halogens is 3. The summed E-state index contributed by atoms with van der Waals surface area (Å²) in [5.41, 5.74) is 0.842. The smallest absolute Gasteiger partial charge is 0.261 e. The monoisotopic (exact) mass is 397 g/mol. The van der Waals surface area contributed by atoms with E-state index in [9.17, 15) is 9.18 Å². The molecule has 140 valence electrons. The molecule has 0 aromatic heterocycles. The average Bonchev–Trinajstić information content (AvgIpc) is 2.59. The quantitative estimate of drug-likeness (QED) is 0.640. The first kappa shape index (κ1) is 20.5. The highest BCUT2D eigenvalue weighted by atomic mass is 35.5. The average molecular weight is 398 g/mol. The summed E-state index contributed by atoms with van der Waals surface area (Å²) >= 11 is 12.0. The number of nitrogens with one attached hydrogen (secondary N) is 1. The van der Waals surface area contributed by atoms with Crippen LogP contribution < -0.4 is 10.1 Å². The van der Waals surface area contributed by atoms with E-state index in [1.807, 2.05) is 20.8 Å². The van der Waals surface area contributed by atoms with E-state index in [4.69, 9.17) is 27.9 Å². The predicted octanol–water partition coefficient (Wildman–Crippen LogP) is 5.80. The van der Waals surface area contributed by atoms with Gasteiger partial charge in [0, 0.05) is 5.02 Å². The Morgan fingerprint density at radius 1 is 1.15 bits per heavy atom. The lowest BCUT2D eigenvalue weighted by atomic mass is 9.95. The SMILES string of the molecule is CCC(Oc1ccc(Cl)cc1Cl)C(=O)NC(c1ccc(F)cc1)C(C)C. The Kier molecular flexibility index (Phi) is 7.30. The molecule has 3 nitrogen and oxygen atoms in total. The molecular formula is C20H22Cl2FNO2. The van der Waals surface area contributed by atoms with Gasteiger partial charge in [0.15, 0.2) is 6.10 Å². The van der Waals surface area contributed by atoms with Crippen molar-refractivity contribution in [1.29, 1.82) is 0 Å². The molecule has 0 bridgehead atoms. The maximum Gasteiger partial charge on any atom is 0.261 e. The van der Waals surface area contributed by atoms with Crippen LogP contribution in [0.3, 0.4) is 0 Å². The summed E-state index contributed by atoms with van der Waals surface area (Å²) < 4.78 is 19.0. The van der Waals surface area contributed by atoms with Crippen LogP contribution in [-0.4, -0.2) is 12.0 Å². The molecule has 0 aliphatic heterocycles. The number of hydrogen-bond acceptors (Lipinski definition) is 2.